The lowest BCUT2D eigenvalue weighted by molar-refractivity contribution is -0.139. The van der Waals surface area contributed by atoms with Crippen LogP contribution in [0.1, 0.15) is 48.0 Å². The molecule has 11 nitrogen and oxygen atoms in total. The van der Waals surface area contributed by atoms with E-state index >= 15 is 0 Å². The number of aromatic amines is 1. The van der Waals surface area contributed by atoms with Crippen molar-refractivity contribution in [2.75, 3.05) is 0 Å². The lowest BCUT2D eigenvalue weighted by Crippen LogP contribution is -2.43. The zero-order chi connectivity index (χ0) is 25.8. The van der Waals surface area contributed by atoms with Crippen molar-refractivity contribution < 1.29 is 39.2 Å². The van der Waals surface area contributed by atoms with Crippen LogP contribution in [0.3, 0.4) is 0 Å². The van der Waals surface area contributed by atoms with Crippen LogP contribution in [-0.4, -0.2) is 54.6 Å². The molecule has 1 aliphatic carbocycles. The van der Waals surface area contributed by atoms with Crippen molar-refractivity contribution in [1.29, 1.82) is 0 Å². The second kappa shape index (κ2) is 8.12. The number of ether oxygens (including phenoxy) is 1. The number of aromatic nitrogens is 2. The van der Waals surface area contributed by atoms with Crippen LogP contribution >= 0.6 is 0 Å². The first-order chi connectivity index (χ1) is 16.4. The Labute approximate surface area is 199 Å². The quantitative estimate of drug-likeness (QED) is 0.231. The second-order valence-electron chi connectivity index (χ2n) is 8.70. The van der Waals surface area contributed by atoms with Gasteiger partial charge in [-0.3, -0.25) is 14.4 Å². The summed E-state index contributed by atoms with van der Waals surface area (Å²) in [5, 5.41) is 33.7. The smallest absolute Gasteiger partial charge is 0.326 e. The third-order valence-electron chi connectivity index (χ3n) is 6.43. The molecule has 2 heterocycles. The molecular weight excluding hydrogens is 458 g/mol. The van der Waals surface area contributed by atoms with Crippen LogP contribution in [-0.2, 0) is 26.2 Å². The third-order valence-corrected chi connectivity index (χ3v) is 6.43. The van der Waals surface area contributed by atoms with Crippen molar-refractivity contribution in [2.24, 2.45) is 0 Å². The standard InChI is InChI=1S/C24H23N3O8/c1-9-19(30)17(11(3)28)21-18(20(9)31)24(4)15(35-21)6-14(29)16(22(24)32)10(2)27-13(23(33)34)5-12-7-25-8-26-12/h6-8,13,27,30-31H,5H2,1-4H3,(H,25,26)(H,33,34)/b16-10+/t13-,24-/m0/s1. The Kier molecular flexibility index (Phi) is 5.50. The first kappa shape index (κ1) is 23.7. The van der Waals surface area contributed by atoms with Gasteiger partial charge in [-0.25, -0.2) is 9.78 Å². The van der Waals surface area contributed by atoms with Crippen LogP contribution in [0.4, 0.5) is 0 Å². The van der Waals surface area contributed by atoms with Crippen LogP contribution in [0.15, 0.2) is 35.6 Å². The van der Waals surface area contributed by atoms with Gasteiger partial charge >= 0.3 is 5.97 Å². The lowest BCUT2D eigenvalue weighted by Gasteiger charge is -2.29. The fourth-order valence-electron chi connectivity index (χ4n) is 4.51. The fraction of sp³-hybridized carbons (Fsp3) is 0.292. The molecule has 1 aromatic heterocycles. The number of imidazole rings is 1. The van der Waals surface area contributed by atoms with Crippen LogP contribution in [0.2, 0.25) is 0 Å². The average Bonchev–Trinajstić information content (AvgIpc) is 3.38. The van der Waals surface area contributed by atoms with E-state index in [1.54, 1.807) is 0 Å². The zero-order valence-corrected chi connectivity index (χ0v) is 19.3. The van der Waals surface area contributed by atoms with Crippen molar-refractivity contribution in [3.8, 4) is 17.2 Å². The highest BCUT2D eigenvalue weighted by molar-refractivity contribution is 6.31. The molecule has 0 saturated carbocycles. The number of carboxylic acids is 1. The van der Waals surface area contributed by atoms with Gasteiger partial charge in [0.25, 0.3) is 0 Å². The molecule has 182 valence electrons. The number of benzene rings is 1. The molecule has 0 unspecified atom stereocenters. The van der Waals surface area contributed by atoms with E-state index in [2.05, 4.69) is 15.3 Å². The van der Waals surface area contributed by atoms with Gasteiger partial charge in [-0.15, -0.1) is 0 Å². The van der Waals surface area contributed by atoms with Gasteiger partial charge in [-0.2, -0.15) is 0 Å². The van der Waals surface area contributed by atoms with E-state index in [1.807, 2.05) is 0 Å². The van der Waals surface area contributed by atoms with E-state index in [0.29, 0.717) is 5.69 Å². The maximum absolute atomic E-state index is 13.8. The number of carbonyl (C=O) groups is 4. The second-order valence-corrected chi connectivity index (χ2v) is 8.70. The van der Waals surface area contributed by atoms with Gasteiger partial charge in [-0.05, 0) is 27.7 Å². The van der Waals surface area contributed by atoms with Gasteiger partial charge in [0.2, 0.25) is 0 Å². The van der Waals surface area contributed by atoms with Crippen molar-refractivity contribution in [1.82, 2.24) is 15.3 Å². The highest BCUT2D eigenvalue weighted by Gasteiger charge is 2.56. The minimum absolute atomic E-state index is 0.00780. The molecule has 0 bridgehead atoms. The number of aliphatic carboxylic acids is 1. The molecule has 1 aromatic carbocycles. The Balaban J connectivity index is 1.83. The van der Waals surface area contributed by atoms with Crippen molar-refractivity contribution in [2.45, 2.75) is 45.6 Å². The molecule has 1 aliphatic heterocycles. The molecule has 0 spiro atoms. The van der Waals surface area contributed by atoms with E-state index in [0.717, 1.165) is 6.08 Å². The maximum Gasteiger partial charge on any atom is 0.326 e. The molecule has 11 heteroatoms. The van der Waals surface area contributed by atoms with E-state index in [1.165, 1.54) is 40.2 Å². The largest absolute Gasteiger partial charge is 0.507 e. The summed E-state index contributed by atoms with van der Waals surface area (Å²) in [6.45, 7) is 5.44. The minimum atomic E-state index is -1.68. The van der Waals surface area contributed by atoms with E-state index in [4.69, 9.17) is 4.74 Å². The number of carboxylic acid groups (broad SMARTS) is 1. The number of aromatic hydroxyl groups is 2. The molecule has 0 amide bonds. The molecular formula is C24H23N3O8. The Bertz CT molecular complexity index is 1370. The average molecular weight is 481 g/mol. The number of nitrogens with zero attached hydrogens (tertiary/aromatic N) is 1. The molecule has 4 rings (SSSR count). The number of fused-ring (bicyclic) bond motifs is 3. The van der Waals surface area contributed by atoms with E-state index in [-0.39, 0.29) is 45.9 Å². The highest BCUT2D eigenvalue weighted by atomic mass is 16.5. The Morgan fingerprint density at radius 2 is 1.91 bits per heavy atom. The number of allylic oxidation sites excluding steroid dienone is 4. The molecule has 0 saturated heterocycles. The van der Waals surface area contributed by atoms with Gasteiger partial charge in [0.1, 0.15) is 40.0 Å². The van der Waals surface area contributed by atoms with Crippen LogP contribution < -0.4 is 10.1 Å². The van der Waals surface area contributed by atoms with E-state index < -0.39 is 46.3 Å². The lowest BCUT2D eigenvalue weighted by atomic mass is 9.70. The number of rotatable bonds is 6. The van der Waals surface area contributed by atoms with Gasteiger partial charge in [0.05, 0.1) is 17.5 Å². The molecule has 0 radical (unpaired) electrons. The highest BCUT2D eigenvalue weighted by Crippen LogP contribution is 2.57. The van der Waals surface area contributed by atoms with Crippen LogP contribution in [0.25, 0.3) is 0 Å². The Morgan fingerprint density at radius 1 is 1.23 bits per heavy atom. The summed E-state index contributed by atoms with van der Waals surface area (Å²) in [6.07, 6.45) is 3.95. The fourth-order valence-corrected chi connectivity index (χ4v) is 4.51. The Morgan fingerprint density at radius 3 is 2.49 bits per heavy atom. The Hall–Kier alpha value is -4.41. The van der Waals surface area contributed by atoms with Gasteiger partial charge in [0, 0.05) is 35.6 Å². The summed E-state index contributed by atoms with van der Waals surface area (Å²) < 4.78 is 5.71. The molecule has 2 aliphatic rings. The molecule has 0 fully saturated rings. The monoisotopic (exact) mass is 481 g/mol. The van der Waals surface area contributed by atoms with Crippen molar-refractivity contribution >= 4 is 23.3 Å². The van der Waals surface area contributed by atoms with Crippen molar-refractivity contribution in [3.05, 3.63) is 58.0 Å². The molecule has 35 heavy (non-hydrogen) atoms. The number of Topliss-reactive ketones (excluding diaryl/α,β-unsaturated/α-hetero) is 2. The number of hydrogen-bond donors (Lipinski definition) is 5. The topological polar surface area (TPSA) is 179 Å². The normalized spacial score (nSPS) is 21.0. The number of phenolic OH excluding ortho intramolecular Hbond substituents is 2. The molecule has 2 atom stereocenters. The van der Waals surface area contributed by atoms with Gasteiger partial charge in [-0.1, -0.05) is 0 Å². The summed E-state index contributed by atoms with van der Waals surface area (Å²) >= 11 is 0. The SMILES string of the molecule is CC(=O)c1c(O)c(C)c(O)c2c1OC1=CC(=O)/C(=C(/C)N[C@@H](Cc3cnc[nH]3)C(=O)O)C(=O)[C@@]12C. The summed E-state index contributed by atoms with van der Waals surface area (Å²) in [7, 11) is 0. The van der Waals surface area contributed by atoms with Crippen LogP contribution in [0.5, 0.6) is 17.2 Å². The number of nitrogens with one attached hydrogen (secondary N) is 2. The number of phenols is 2. The molecule has 5 N–H and O–H groups in total. The molecule has 2 aromatic rings. The summed E-state index contributed by atoms with van der Waals surface area (Å²) in [4.78, 5) is 57.5. The third kappa shape index (κ3) is 3.47. The van der Waals surface area contributed by atoms with Gasteiger partial charge in [0.15, 0.2) is 17.3 Å². The number of ketones is 3. The summed E-state index contributed by atoms with van der Waals surface area (Å²) in [6, 6.07) is -1.18. The van der Waals surface area contributed by atoms with E-state index in [9.17, 15) is 34.5 Å². The first-order valence-corrected chi connectivity index (χ1v) is 10.7. The predicted molar refractivity (Wildman–Crippen MR) is 120 cm³/mol. The van der Waals surface area contributed by atoms with Crippen molar-refractivity contribution in [3.63, 3.8) is 0 Å². The maximum atomic E-state index is 13.8. The van der Waals surface area contributed by atoms with Crippen LogP contribution in [0, 0.1) is 6.92 Å². The van der Waals surface area contributed by atoms with Gasteiger partial charge < -0.3 is 30.4 Å². The first-order valence-electron chi connectivity index (χ1n) is 10.7. The number of carbonyl (C=O) groups excluding carboxylic acids is 3. The number of hydrogen-bond acceptors (Lipinski definition) is 9. The predicted octanol–water partition coefficient (Wildman–Crippen LogP) is 1.58. The summed E-state index contributed by atoms with van der Waals surface area (Å²) in [5.74, 6) is -4.45. The summed E-state index contributed by atoms with van der Waals surface area (Å²) in [5.41, 5.74) is -1.70. The zero-order valence-electron chi connectivity index (χ0n) is 19.3. The number of H-pyrrole nitrogens is 1. The minimum Gasteiger partial charge on any atom is -0.507 e.